The Morgan fingerprint density at radius 2 is 1.41 bits per heavy atom. The minimum Gasteiger partial charge on any atom is -0.508 e. The number of anilines is 2. The van der Waals surface area contributed by atoms with Gasteiger partial charge in [-0.15, -0.1) is 0 Å². The molecule has 2 aliphatic rings. The Bertz CT molecular complexity index is 1260. The number of hydrogen-bond acceptors (Lipinski definition) is 5. The van der Waals surface area contributed by atoms with E-state index in [0.29, 0.717) is 16.8 Å². The predicted molar refractivity (Wildman–Crippen MR) is 132 cm³/mol. The van der Waals surface area contributed by atoms with Crippen LogP contribution in [0.25, 0.3) is 5.76 Å². The van der Waals surface area contributed by atoms with Gasteiger partial charge in [-0.3, -0.25) is 14.5 Å². The topological polar surface area (TPSA) is 81.1 Å². The van der Waals surface area contributed by atoms with Crippen LogP contribution in [-0.4, -0.2) is 35.0 Å². The molecule has 2 heterocycles. The number of aromatic hydroxyl groups is 1. The molecule has 2 N–H and O–H groups in total. The van der Waals surface area contributed by atoms with Crippen molar-refractivity contribution in [1.29, 1.82) is 0 Å². The van der Waals surface area contributed by atoms with Crippen LogP contribution in [-0.2, 0) is 9.59 Å². The highest BCUT2D eigenvalue weighted by molar-refractivity contribution is 6.51. The van der Waals surface area contributed by atoms with Gasteiger partial charge in [0.2, 0.25) is 0 Å². The third-order valence-corrected chi connectivity index (χ3v) is 6.58. The number of carbonyl (C=O) groups is 2. The molecule has 0 radical (unpaired) electrons. The molecule has 34 heavy (non-hydrogen) atoms. The van der Waals surface area contributed by atoms with Gasteiger partial charge in [0.15, 0.2) is 0 Å². The number of nitrogens with zero attached hydrogens (tertiary/aromatic N) is 2. The van der Waals surface area contributed by atoms with Crippen LogP contribution in [0.15, 0.2) is 78.4 Å². The summed E-state index contributed by atoms with van der Waals surface area (Å²) in [5, 5.41) is 20.9. The maximum Gasteiger partial charge on any atom is 0.300 e. The first-order valence-corrected chi connectivity index (χ1v) is 11.5. The summed E-state index contributed by atoms with van der Waals surface area (Å²) in [5.41, 5.74) is 3.80. The fourth-order valence-electron chi connectivity index (χ4n) is 4.74. The molecule has 0 saturated carbocycles. The highest BCUT2D eigenvalue weighted by Gasteiger charge is 2.47. The van der Waals surface area contributed by atoms with Crippen molar-refractivity contribution < 1.29 is 19.8 Å². The lowest BCUT2D eigenvalue weighted by atomic mass is 9.95. The Morgan fingerprint density at radius 3 is 2.03 bits per heavy atom. The molecule has 2 aliphatic heterocycles. The Morgan fingerprint density at radius 1 is 0.824 bits per heavy atom. The van der Waals surface area contributed by atoms with Crippen molar-refractivity contribution in [2.75, 3.05) is 22.9 Å². The van der Waals surface area contributed by atoms with E-state index in [9.17, 15) is 19.8 Å². The summed E-state index contributed by atoms with van der Waals surface area (Å²) in [6, 6.07) is 20.3. The molecule has 5 rings (SSSR count). The first-order chi connectivity index (χ1) is 16.4. The molecule has 3 aromatic rings. The van der Waals surface area contributed by atoms with Gasteiger partial charge in [0.05, 0.1) is 11.6 Å². The maximum absolute atomic E-state index is 13.3. The Kier molecular flexibility index (Phi) is 5.57. The number of benzene rings is 3. The second-order valence-corrected chi connectivity index (χ2v) is 8.84. The number of ketones is 1. The second kappa shape index (κ2) is 8.71. The standard InChI is InChI=1S/C28H26N2O4/c1-18-4-6-20(7-5-18)26(32)24-25(19-8-14-23(31)15-9-19)30(28(34)27(24)33)22-12-10-21(11-13-22)29-16-2-3-17-29/h4-15,25,31-32H,2-3,16-17H2,1H3/b26-24+. The zero-order valence-electron chi connectivity index (χ0n) is 18.9. The third-order valence-electron chi connectivity index (χ3n) is 6.58. The molecular formula is C28H26N2O4. The molecule has 0 spiro atoms. The molecule has 0 aromatic heterocycles. The molecule has 1 unspecified atom stereocenters. The van der Waals surface area contributed by atoms with Gasteiger partial charge in [-0.2, -0.15) is 0 Å². The lowest BCUT2D eigenvalue weighted by Crippen LogP contribution is -2.29. The van der Waals surface area contributed by atoms with E-state index in [-0.39, 0.29) is 17.1 Å². The zero-order chi connectivity index (χ0) is 23.8. The van der Waals surface area contributed by atoms with Gasteiger partial charge in [-0.1, -0.05) is 42.0 Å². The van der Waals surface area contributed by atoms with Gasteiger partial charge < -0.3 is 15.1 Å². The molecule has 0 bridgehead atoms. The smallest absolute Gasteiger partial charge is 0.300 e. The van der Waals surface area contributed by atoms with E-state index in [2.05, 4.69) is 4.90 Å². The molecular weight excluding hydrogens is 428 g/mol. The van der Waals surface area contributed by atoms with Gasteiger partial charge in [0.25, 0.3) is 11.7 Å². The molecule has 6 heteroatoms. The quantitative estimate of drug-likeness (QED) is 0.332. The van der Waals surface area contributed by atoms with E-state index >= 15 is 0 Å². The maximum atomic E-state index is 13.3. The summed E-state index contributed by atoms with van der Waals surface area (Å²) >= 11 is 0. The van der Waals surface area contributed by atoms with Gasteiger partial charge >= 0.3 is 0 Å². The van der Waals surface area contributed by atoms with Crippen LogP contribution >= 0.6 is 0 Å². The summed E-state index contributed by atoms with van der Waals surface area (Å²) in [5.74, 6) is -1.57. The minimum atomic E-state index is -0.820. The van der Waals surface area contributed by atoms with E-state index in [0.717, 1.165) is 37.2 Å². The highest BCUT2D eigenvalue weighted by atomic mass is 16.3. The van der Waals surface area contributed by atoms with E-state index in [1.54, 1.807) is 24.3 Å². The SMILES string of the molecule is Cc1ccc(/C(O)=C2\C(=O)C(=O)N(c3ccc(N4CCCC4)cc3)C2c2ccc(O)cc2)cc1. The summed E-state index contributed by atoms with van der Waals surface area (Å²) in [6.07, 6.45) is 2.33. The van der Waals surface area contributed by atoms with E-state index in [4.69, 9.17) is 0 Å². The van der Waals surface area contributed by atoms with Gasteiger partial charge in [-0.05, 0) is 61.7 Å². The van der Waals surface area contributed by atoms with Crippen molar-refractivity contribution in [2.24, 2.45) is 0 Å². The number of aliphatic hydroxyl groups excluding tert-OH is 1. The molecule has 2 fully saturated rings. The largest absolute Gasteiger partial charge is 0.508 e. The van der Waals surface area contributed by atoms with Crippen molar-refractivity contribution in [1.82, 2.24) is 0 Å². The van der Waals surface area contributed by atoms with Crippen molar-refractivity contribution in [2.45, 2.75) is 25.8 Å². The number of aryl methyl sites for hydroxylation is 1. The van der Waals surface area contributed by atoms with Crippen molar-refractivity contribution >= 4 is 28.8 Å². The van der Waals surface area contributed by atoms with Crippen LogP contribution in [0.1, 0.15) is 35.6 Å². The number of Topliss-reactive ketones (excluding diaryl/α,β-unsaturated/α-hetero) is 1. The molecule has 6 nitrogen and oxygen atoms in total. The van der Waals surface area contributed by atoms with Crippen LogP contribution in [0, 0.1) is 6.92 Å². The van der Waals surface area contributed by atoms with Crippen molar-refractivity contribution in [3.05, 3.63) is 95.1 Å². The van der Waals surface area contributed by atoms with Gasteiger partial charge in [0, 0.05) is 30.0 Å². The molecule has 2 saturated heterocycles. The summed E-state index contributed by atoms with van der Waals surface area (Å²) in [6.45, 7) is 3.95. The summed E-state index contributed by atoms with van der Waals surface area (Å²) in [4.78, 5) is 30.2. The fourth-order valence-corrected chi connectivity index (χ4v) is 4.74. The Balaban J connectivity index is 1.62. The van der Waals surface area contributed by atoms with E-state index in [1.165, 1.54) is 17.0 Å². The average Bonchev–Trinajstić information content (AvgIpc) is 3.47. The lowest BCUT2D eigenvalue weighted by Gasteiger charge is -2.26. The van der Waals surface area contributed by atoms with E-state index < -0.39 is 17.7 Å². The molecule has 0 aliphatic carbocycles. The minimum absolute atomic E-state index is 0.0307. The average molecular weight is 455 g/mol. The number of phenols is 1. The molecule has 1 amide bonds. The molecule has 172 valence electrons. The van der Waals surface area contributed by atoms with Crippen LogP contribution in [0.3, 0.4) is 0 Å². The zero-order valence-corrected chi connectivity index (χ0v) is 18.9. The highest BCUT2D eigenvalue weighted by Crippen LogP contribution is 2.42. The van der Waals surface area contributed by atoms with Crippen LogP contribution in [0.5, 0.6) is 5.75 Å². The summed E-state index contributed by atoms with van der Waals surface area (Å²) in [7, 11) is 0. The molecule has 3 aromatic carbocycles. The van der Waals surface area contributed by atoms with Crippen LogP contribution < -0.4 is 9.80 Å². The first kappa shape index (κ1) is 21.8. The van der Waals surface area contributed by atoms with Crippen LogP contribution in [0.2, 0.25) is 0 Å². The third kappa shape index (κ3) is 3.81. The normalized spacial score (nSPS) is 19.7. The van der Waals surface area contributed by atoms with Crippen molar-refractivity contribution in [3.8, 4) is 5.75 Å². The number of phenolic OH excluding ortho intramolecular Hbond substituents is 1. The Hall–Kier alpha value is -4.06. The first-order valence-electron chi connectivity index (χ1n) is 11.5. The number of hydrogen-bond donors (Lipinski definition) is 2. The number of carbonyl (C=O) groups excluding carboxylic acids is 2. The van der Waals surface area contributed by atoms with Gasteiger partial charge in [0.1, 0.15) is 11.5 Å². The number of aliphatic hydroxyl groups is 1. The van der Waals surface area contributed by atoms with Crippen LogP contribution in [0.4, 0.5) is 11.4 Å². The summed E-state index contributed by atoms with van der Waals surface area (Å²) < 4.78 is 0. The molecule has 1 atom stereocenters. The number of amides is 1. The predicted octanol–water partition coefficient (Wildman–Crippen LogP) is 4.93. The lowest BCUT2D eigenvalue weighted by molar-refractivity contribution is -0.132. The van der Waals surface area contributed by atoms with Gasteiger partial charge in [-0.25, -0.2) is 0 Å². The second-order valence-electron chi connectivity index (χ2n) is 8.84. The monoisotopic (exact) mass is 454 g/mol. The van der Waals surface area contributed by atoms with E-state index in [1.807, 2.05) is 43.3 Å². The Labute approximate surface area is 198 Å². The number of rotatable bonds is 4. The fraction of sp³-hybridized carbons (Fsp3) is 0.214. The van der Waals surface area contributed by atoms with Crippen molar-refractivity contribution in [3.63, 3.8) is 0 Å².